The first kappa shape index (κ1) is 7.03. The molecule has 1 aromatic rings. The third kappa shape index (κ3) is 0.906. The zero-order valence-electron chi connectivity index (χ0n) is 6.57. The van der Waals surface area contributed by atoms with Crippen LogP contribution in [0.1, 0.15) is 15.9 Å². The monoisotopic (exact) mass is 161 g/mol. The van der Waals surface area contributed by atoms with Crippen LogP contribution in [0.2, 0.25) is 0 Å². The highest BCUT2D eigenvalue weighted by molar-refractivity contribution is 6.13. The van der Waals surface area contributed by atoms with E-state index in [4.69, 9.17) is 4.74 Å². The maximum Gasteiger partial charge on any atom is 0.277 e. The van der Waals surface area contributed by atoms with Crippen molar-refractivity contribution in [1.82, 2.24) is 0 Å². The van der Waals surface area contributed by atoms with Gasteiger partial charge in [-0.2, -0.15) is 0 Å². The number of methoxy groups -OCH3 is 1. The van der Waals surface area contributed by atoms with Crippen LogP contribution >= 0.6 is 0 Å². The average Bonchev–Trinajstić information content (AvgIpc) is 2.47. The average molecular weight is 161 g/mol. The van der Waals surface area contributed by atoms with Crippen LogP contribution in [0.15, 0.2) is 23.2 Å². The van der Waals surface area contributed by atoms with Gasteiger partial charge in [-0.25, -0.2) is 4.99 Å². The Morgan fingerprint density at radius 2 is 2.25 bits per heavy atom. The van der Waals surface area contributed by atoms with Crippen molar-refractivity contribution in [3.8, 4) is 5.75 Å². The molecule has 0 saturated carbocycles. The smallest absolute Gasteiger partial charge is 0.277 e. The van der Waals surface area contributed by atoms with Gasteiger partial charge in [0.15, 0.2) is 0 Å². The molecule has 0 aromatic heterocycles. The van der Waals surface area contributed by atoms with Crippen molar-refractivity contribution in [2.45, 2.75) is 0 Å². The van der Waals surface area contributed by atoms with Crippen LogP contribution in [-0.2, 0) is 0 Å². The van der Waals surface area contributed by atoms with Crippen molar-refractivity contribution in [2.75, 3.05) is 7.11 Å². The summed E-state index contributed by atoms with van der Waals surface area (Å²) in [5.74, 6) is 0.572. The summed E-state index contributed by atoms with van der Waals surface area (Å²) < 4.78 is 5.00. The van der Waals surface area contributed by atoms with Crippen LogP contribution in [0, 0.1) is 0 Å². The van der Waals surface area contributed by atoms with Crippen LogP contribution in [0.4, 0.5) is 0 Å². The fourth-order valence-electron chi connectivity index (χ4n) is 1.17. The summed E-state index contributed by atoms with van der Waals surface area (Å²) in [5, 5.41) is 0. The van der Waals surface area contributed by atoms with E-state index < -0.39 is 0 Å². The highest BCUT2D eigenvalue weighted by Gasteiger charge is 2.14. The number of carbonyl (C=O) groups is 1. The molecule has 0 saturated heterocycles. The minimum atomic E-state index is -0.173. The first-order valence-corrected chi connectivity index (χ1v) is 3.58. The Labute approximate surface area is 69.7 Å². The molecule has 1 aliphatic rings. The minimum Gasteiger partial charge on any atom is -0.497 e. The van der Waals surface area contributed by atoms with Gasteiger partial charge in [0.1, 0.15) is 5.75 Å². The molecule has 1 heterocycles. The minimum absolute atomic E-state index is 0.173. The number of aliphatic imine (C=N–C) groups is 1. The van der Waals surface area contributed by atoms with E-state index in [0.717, 1.165) is 11.3 Å². The Kier molecular flexibility index (Phi) is 1.43. The molecule has 0 radical (unpaired) electrons. The number of hydrogen-bond donors (Lipinski definition) is 0. The van der Waals surface area contributed by atoms with E-state index in [2.05, 4.69) is 4.99 Å². The molecule has 0 unspecified atom stereocenters. The SMILES string of the molecule is COc1ccc2c(c1)C=NC2=O. The molecule has 0 bridgehead atoms. The lowest BCUT2D eigenvalue weighted by Crippen LogP contribution is -1.92. The molecule has 0 aliphatic carbocycles. The fourth-order valence-corrected chi connectivity index (χ4v) is 1.17. The number of hydrogen-bond acceptors (Lipinski definition) is 2. The standard InChI is InChI=1S/C9H7NO2/c1-12-7-2-3-8-6(4-7)5-10-9(8)11/h2-5H,1H3. The van der Waals surface area contributed by atoms with Gasteiger partial charge >= 0.3 is 0 Å². The lowest BCUT2D eigenvalue weighted by Gasteiger charge is -2.00. The Hall–Kier alpha value is -1.64. The second-order valence-corrected chi connectivity index (χ2v) is 2.52. The molecule has 0 N–H and O–H groups in total. The Bertz CT molecular complexity index is 369. The van der Waals surface area contributed by atoms with E-state index >= 15 is 0 Å². The molecule has 1 aromatic carbocycles. The Morgan fingerprint density at radius 3 is 3.00 bits per heavy atom. The quantitative estimate of drug-likeness (QED) is 0.622. The summed E-state index contributed by atoms with van der Waals surface area (Å²) >= 11 is 0. The molecule has 0 atom stereocenters. The van der Waals surface area contributed by atoms with Gasteiger partial charge in [0.25, 0.3) is 5.91 Å². The van der Waals surface area contributed by atoms with E-state index in [1.165, 1.54) is 0 Å². The first-order valence-electron chi connectivity index (χ1n) is 3.58. The molecular weight excluding hydrogens is 154 g/mol. The van der Waals surface area contributed by atoms with E-state index in [0.29, 0.717) is 5.56 Å². The summed E-state index contributed by atoms with van der Waals surface area (Å²) in [6.45, 7) is 0. The zero-order valence-corrected chi connectivity index (χ0v) is 6.57. The van der Waals surface area contributed by atoms with Gasteiger partial charge in [-0.3, -0.25) is 4.79 Å². The number of rotatable bonds is 1. The number of fused-ring (bicyclic) bond motifs is 1. The number of amides is 1. The largest absolute Gasteiger partial charge is 0.497 e. The number of carbonyl (C=O) groups excluding carboxylic acids is 1. The van der Waals surface area contributed by atoms with Crippen molar-refractivity contribution in [2.24, 2.45) is 4.99 Å². The highest BCUT2D eigenvalue weighted by atomic mass is 16.5. The summed E-state index contributed by atoms with van der Waals surface area (Å²) in [4.78, 5) is 14.7. The van der Waals surface area contributed by atoms with Crippen molar-refractivity contribution in [3.63, 3.8) is 0 Å². The van der Waals surface area contributed by atoms with Gasteiger partial charge in [0, 0.05) is 11.8 Å². The maximum atomic E-state index is 11.0. The lowest BCUT2D eigenvalue weighted by molar-refractivity contribution is 0.101. The second kappa shape index (κ2) is 2.44. The topological polar surface area (TPSA) is 38.7 Å². The van der Waals surface area contributed by atoms with Crippen molar-refractivity contribution in [3.05, 3.63) is 29.3 Å². The van der Waals surface area contributed by atoms with Crippen molar-refractivity contribution >= 4 is 12.1 Å². The molecule has 1 amide bonds. The maximum absolute atomic E-state index is 11.0. The number of benzene rings is 1. The van der Waals surface area contributed by atoms with Crippen LogP contribution in [0.5, 0.6) is 5.75 Å². The molecule has 12 heavy (non-hydrogen) atoms. The second-order valence-electron chi connectivity index (χ2n) is 2.52. The van der Waals surface area contributed by atoms with Crippen LogP contribution < -0.4 is 4.74 Å². The van der Waals surface area contributed by atoms with Gasteiger partial charge in [-0.05, 0) is 18.2 Å². The van der Waals surface area contributed by atoms with E-state index in [1.807, 2.05) is 0 Å². The third-order valence-electron chi connectivity index (χ3n) is 1.81. The van der Waals surface area contributed by atoms with E-state index in [9.17, 15) is 4.79 Å². The third-order valence-corrected chi connectivity index (χ3v) is 1.81. The summed E-state index contributed by atoms with van der Waals surface area (Å²) in [7, 11) is 1.59. The van der Waals surface area contributed by atoms with Crippen LogP contribution in [0.3, 0.4) is 0 Å². The van der Waals surface area contributed by atoms with Gasteiger partial charge in [-0.15, -0.1) is 0 Å². The highest BCUT2D eigenvalue weighted by Crippen LogP contribution is 2.20. The summed E-state index contributed by atoms with van der Waals surface area (Å²) in [6.07, 6.45) is 1.56. The molecule has 0 fully saturated rings. The van der Waals surface area contributed by atoms with Crippen molar-refractivity contribution in [1.29, 1.82) is 0 Å². The number of nitrogens with zero attached hydrogens (tertiary/aromatic N) is 1. The Balaban J connectivity index is 2.54. The molecule has 3 heteroatoms. The molecule has 2 rings (SSSR count). The Morgan fingerprint density at radius 1 is 1.42 bits per heavy atom. The van der Waals surface area contributed by atoms with Gasteiger partial charge in [0.2, 0.25) is 0 Å². The summed E-state index contributed by atoms with van der Waals surface area (Å²) in [6, 6.07) is 5.28. The summed E-state index contributed by atoms with van der Waals surface area (Å²) in [5.41, 5.74) is 1.48. The van der Waals surface area contributed by atoms with Crippen LogP contribution in [-0.4, -0.2) is 19.2 Å². The first-order chi connectivity index (χ1) is 5.81. The zero-order chi connectivity index (χ0) is 8.55. The molecule has 1 aliphatic heterocycles. The van der Waals surface area contributed by atoms with Crippen LogP contribution in [0.25, 0.3) is 0 Å². The van der Waals surface area contributed by atoms with Crippen molar-refractivity contribution < 1.29 is 9.53 Å². The predicted molar refractivity (Wildman–Crippen MR) is 44.9 cm³/mol. The molecule has 60 valence electrons. The van der Waals surface area contributed by atoms with Gasteiger partial charge in [0.05, 0.1) is 12.7 Å². The molecule has 0 spiro atoms. The van der Waals surface area contributed by atoms with Gasteiger partial charge < -0.3 is 4.74 Å². The normalized spacial score (nSPS) is 13.2. The molecular formula is C9H7NO2. The van der Waals surface area contributed by atoms with E-state index in [-0.39, 0.29) is 5.91 Å². The van der Waals surface area contributed by atoms with E-state index in [1.54, 1.807) is 31.5 Å². The fraction of sp³-hybridized carbons (Fsp3) is 0.111. The van der Waals surface area contributed by atoms with Gasteiger partial charge in [-0.1, -0.05) is 0 Å². The predicted octanol–water partition coefficient (Wildman–Crippen LogP) is 1.27. The lowest BCUT2D eigenvalue weighted by atomic mass is 10.1. The molecule has 3 nitrogen and oxygen atoms in total. The number of ether oxygens (including phenoxy) is 1.